The molecule has 0 aromatic heterocycles. The van der Waals surface area contributed by atoms with Gasteiger partial charge >= 0.3 is 12.1 Å². The van der Waals surface area contributed by atoms with Crippen molar-refractivity contribution in [1.29, 1.82) is 0 Å². The highest BCUT2D eigenvalue weighted by molar-refractivity contribution is 8.02. The van der Waals surface area contributed by atoms with Crippen molar-refractivity contribution < 1.29 is 24.2 Å². The lowest BCUT2D eigenvalue weighted by molar-refractivity contribution is -0.150. The van der Waals surface area contributed by atoms with Crippen molar-refractivity contribution in [2.45, 2.75) is 36.9 Å². The zero-order chi connectivity index (χ0) is 15.8. The number of carbonyl (C=O) groups excluding carboxylic acids is 2. The Morgan fingerprint density at radius 3 is 2.81 bits per heavy atom. The van der Waals surface area contributed by atoms with E-state index in [0.29, 0.717) is 12.1 Å². The fourth-order valence-electron chi connectivity index (χ4n) is 2.23. The minimum atomic E-state index is -1.03. The van der Waals surface area contributed by atoms with Gasteiger partial charge in [-0.1, -0.05) is 0 Å². The van der Waals surface area contributed by atoms with Gasteiger partial charge in [0.1, 0.15) is 17.1 Å². The number of carboxylic acids is 1. The van der Waals surface area contributed by atoms with Crippen molar-refractivity contribution in [3.63, 3.8) is 0 Å². The van der Waals surface area contributed by atoms with Crippen LogP contribution in [0.5, 0.6) is 0 Å². The number of nitrogens with one attached hydrogen (secondary N) is 1. The maximum Gasteiger partial charge on any atom is 0.418 e. The lowest BCUT2D eigenvalue weighted by Crippen LogP contribution is -2.63. The zero-order valence-corrected chi connectivity index (χ0v) is 13.3. The standard InChI is InChI=1S/C11H15N3O5S2/c1-4-19-10(18)13-21-12-5-7(15)14-6(9(16)17)11(2,3)20-8(5)14/h6,8H,4H2,1-3H3,(H,13,18)(H,16,17)/b12-5+/t6-,8+/m0/s1. The van der Waals surface area contributed by atoms with Crippen LogP contribution in [0.1, 0.15) is 20.8 Å². The number of carbonyl (C=O) groups is 3. The summed E-state index contributed by atoms with van der Waals surface area (Å²) in [6.45, 7) is 5.47. The molecule has 21 heavy (non-hydrogen) atoms. The molecule has 2 atom stereocenters. The molecule has 2 aliphatic rings. The summed E-state index contributed by atoms with van der Waals surface area (Å²) < 4.78 is 10.3. The zero-order valence-electron chi connectivity index (χ0n) is 11.7. The van der Waals surface area contributed by atoms with Gasteiger partial charge in [0.25, 0.3) is 5.91 Å². The fourth-order valence-corrected chi connectivity index (χ4v) is 4.27. The normalized spacial score (nSPS) is 28.0. The molecule has 2 fully saturated rings. The molecule has 0 spiro atoms. The van der Waals surface area contributed by atoms with Gasteiger partial charge in [0.15, 0.2) is 0 Å². The number of nitrogens with zero attached hydrogens (tertiary/aromatic N) is 2. The van der Waals surface area contributed by atoms with Crippen molar-refractivity contribution in [1.82, 2.24) is 9.62 Å². The number of thioether (sulfide) groups is 1. The van der Waals surface area contributed by atoms with E-state index in [1.54, 1.807) is 20.8 Å². The predicted octanol–water partition coefficient (Wildman–Crippen LogP) is 0.884. The molecule has 0 aromatic carbocycles. The van der Waals surface area contributed by atoms with E-state index >= 15 is 0 Å². The molecule has 2 amide bonds. The molecule has 0 aromatic rings. The molecule has 2 saturated heterocycles. The Kier molecular flexibility index (Phi) is 4.38. The van der Waals surface area contributed by atoms with Crippen LogP contribution < -0.4 is 4.72 Å². The van der Waals surface area contributed by atoms with Gasteiger partial charge in [0, 0.05) is 4.75 Å². The van der Waals surface area contributed by atoms with Gasteiger partial charge in [-0.25, -0.2) is 14.3 Å². The van der Waals surface area contributed by atoms with Gasteiger partial charge in [-0.15, -0.1) is 11.8 Å². The van der Waals surface area contributed by atoms with E-state index < -0.39 is 28.8 Å². The minimum absolute atomic E-state index is 0.239. The first kappa shape index (κ1) is 16.0. The SMILES string of the molecule is CCOC(=O)NS/N=C1\C(=O)N2[C@@H]1SC(C)(C)[C@@H]2C(=O)O. The van der Waals surface area contributed by atoms with Crippen LogP contribution >= 0.6 is 23.9 Å². The number of ether oxygens (including phenoxy) is 1. The Morgan fingerprint density at radius 2 is 2.24 bits per heavy atom. The molecular weight excluding hydrogens is 318 g/mol. The second-order valence-electron chi connectivity index (χ2n) is 4.92. The minimum Gasteiger partial charge on any atom is -0.480 e. The van der Waals surface area contributed by atoms with E-state index in [4.69, 9.17) is 0 Å². The molecule has 0 radical (unpaired) electrons. The highest BCUT2D eigenvalue weighted by atomic mass is 32.2. The highest BCUT2D eigenvalue weighted by Gasteiger charge is 2.62. The quantitative estimate of drug-likeness (QED) is 0.581. The van der Waals surface area contributed by atoms with Crippen LogP contribution in [0.4, 0.5) is 4.79 Å². The van der Waals surface area contributed by atoms with Crippen LogP contribution in [0.25, 0.3) is 0 Å². The molecule has 2 N–H and O–H groups in total. The number of carboxylic acid groups (broad SMARTS) is 1. The summed E-state index contributed by atoms with van der Waals surface area (Å²) in [5.41, 5.74) is 0.249. The molecule has 0 unspecified atom stereocenters. The maximum absolute atomic E-state index is 12.0. The van der Waals surface area contributed by atoms with Gasteiger partial charge in [-0.05, 0) is 20.8 Å². The Labute approximate surface area is 129 Å². The predicted molar refractivity (Wildman–Crippen MR) is 78.9 cm³/mol. The smallest absolute Gasteiger partial charge is 0.418 e. The number of fused-ring (bicyclic) bond motifs is 1. The molecule has 116 valence electrons. The molecule has 0 bridgehead atoms. The first-order chi connectivity index (χ1) is 9.79. The van der Waals surface area contributed by atoms with Crippen molar-refractivity contribution in [2.75, 3.05) is 6.61 Å². The topological polar surface area (TPSA) is 108 Å². The largest absolute Gasteiger partial charge is 0.480 e. The Hall–Kier alpha value is -1.42. The van der Waals surface area contributed by atoms with E-state index in [1.165, 1.54) is 16.7 Å². The van der Waals surface area contributed by atoms with Crippen LogP contribution in [-0.2, 0) is 14.3 Å². The summed E-state index contributed by atoms with van der Waals surface area (Å²) in [6, 6.07) is -0.873. The number of β-lactam (4-membered cyclic amide) rings is 1. The van der Waals surface area contributed by atoms with Crippen LogP contribution in [0.2, 0.25) is 0 Å². The third-order valence-corrected chi connectivity index (χ3v) is 5.12. The lowest BCUT2D eigenvalue weighted by atomic mass is 9.98. The molecule has 10 heteroatoms. The Balaban J connectivity index is 2.02. The first-order valence-corrected chi connectivity index (χ1v) is 7.85. The van der Waals surface area contributed by atoms with Gasteiger partial charge in [0.2, 0.25) is 0 Å². The van der Waals surface area contributed by atoms with Crippen molar-refractivity contribution in [2.24, 2.45) is 4.40 Å². The fraction of sp³-hybridized carbons (Fsp3) is 0.636. The molecular formula is C11H15N3O5S2. The molecule has 2 rings (SSSR count). The summed E-state index contributed by atoms with van der Waals surface area (Å²) in [4.78, 5) is 35.7. The van der Waals surface area contributed by atoms with Crippen molar-refractivity contribution in [3.05, 3.63) is 0 Å². The molecule has 0 aliphatic carbocycles. The van der Waals surface area contributed by atoms with Crippen LogP contribution in [0.3, 0.4) is 0 Å². The van der Waals surface area contributed by atoms with Gasteiger partial charge in [-0.3, -0.25) is 4.79 Å². The number of rotatable bonds is 4. The Morgan fingerprint density at radius 1 is 1.57 bits per heavy atom. The second-order valence-corrected chi connectivity index (χ2v) is 7.22. The third kappa shape index (κ3) is 2.82. The van der Waals surface area contributed by atoms with Crippen LogP contribution in [-0.4, -0.2) is 56.5 Å². The highest BCUT2D eigenvalue weighted by Crippen LogP contribution is 2.49. The summed E-state index contributed by atoms with van der Waals surface area (Å²) in [5, 5.41) is 8.87. The van der Waals surface area contributed by atoms with Crippen molar-refractivity contribution >= 4 is 47.6 Å². The summed E-state index contributed by atoms with van der Waals surface area (Å²) >= 11 is 2.07. The van der Waals surface area contributed by atoms with Crippen LogP contribution in [0.15, 0.2) is 4.40 Å². The van der Waals surface area contributed by atoms with Gasteiger partial charge in [-0.2, -0.15) is 4.40 Å². The van der Waals surface area contributed by atoms with E-state index in [9.17, 15) is 19.5 Å². The van der Waals surface area contributed by atoms with Gasteiger partial charge < -0.3 is 14.7 Å². The lowest BCUT2D eigenvalue weighted by Gasteiger charge is -2.37. The van der Waals surface area contributed by atoms with Crippen molar-refractivity contribution in [3.8, 4) is 0 Å². The second kappa shape index (κ2) is 5.76. The average Bonchev–Trinajstić information content (AvgIpc) is 2.63. The molecule has 0 saturated carbocycles. The molecule has 8 nitrogen and oxygen atoms in total. The molecule has 2 aliphatic heterocycles. The Bertz CT molecular complexity index is 522. The summed E-state index contributed by atoms with van der Waals surface area (Å²) in [5.74, 6) is -1.44. The number of aliphatic carboxylic acids is 1. The van der Waals surface area contributed by atoms with E-state index in [0.717, 1.165) is 0 Å². The van der Waals surface area contributed by atoms with Crippen LogP contribution in [0, 0.1) is 0 Å². The summed E-state index contributed by atoms with van der Waals surface area (Å²) in [6.07, 6.45) is -0.640. The summed E-state index contributed by atoms with van der Waals surface area (Å²) in [7, 11) is 0. The number of hydrogen-bond donors (Lipinski definition) is 2. The average molecular weight is 333 g/mol. The first-order valence-electron chi connectivity index (χ1n) is 6.19. The molecule has 2 heterocycles. The number of hydrogen-bond acceptors (Lipinski definition) is 7. The number of amides is 2. The maximum atomic E-state index is 12.0. The monoisotopic (exact) mass is 333 g/mol. The van der Waals surface area contributed by atoms with E-state index in [-0.39, 0.29) is 17.7 Å². The van der Waals surface area contributed by atoms with E-state index in [2.05, 4.69) is 13.9 Å². The third-order valence-electron chi connectivity index (χ3n) is 3.07. The van der Waals surface area contributed by atoms with E-state index in [1.807, 2.05) is 0 Å². The van der Waals surface area contributed by atoms with Gasteiger partial charge in [0.05, 0.1) is 18.7 Å².